The number of guanidine groups is 1. The lowest BCUT2D eigenvalue weighted by molar-refractivity contribution is -0.168. The van der Waals surface area contributed by atoms with Crippen LogP contribution in [-0.2, 0) is 9.47 Å². The summed E-state index contributed by atoms with van der Waals surface area (Å²) in [6, 6.07) is 0.527. The van der Waals surface area contributed by atoms with Crippen molar-refractivity contribution in [2.75, 3.05) is 33.4 Å². The van der Waals surface area contributed by atoms with Crippen molar-refractivity contribution in [3.63, 3.8) is 0 Å². The molecular weight excluding hydrogens is 278 g/mol. The van der Waals surface area contributed by atoms with Gasteiger partial charge in [-0.05, 0) is 44.9 Å². The van der Waals surface area contributed by atoms with Crippen LogP contribution in [0.3, 0.4) is 0 Å². The minimum atomic E-state index is 0.381. The first-order valence-electron chi connectivity index (χ1n) is 8.95. The van der Waals surface area contributed by atoms with Gasteiger partial charge in [0, 0.05) is 44.9 Å². The third kappa shape index (κ3) is 3.11. The molecule has 0 bridgehead atoms. The van der Waals surface area contributed by atoms with Crippen molar-refractivity contribution in [2.45, 2.75) is 57.6 Å². The molecular formula is C17H31N3O2. The van der Waals surface area contributed by atoms with Gasteiger partial charge < -0.3 is 20.1 Å². The smallest absolute Gasteiger partial charge is 0.191 e. The summed E-state index contributed by atoms with van der Waals surface area (Å²) in [6.45, 7) is 5.73. The summed E-state index contributed by atoms with van der Waals surface area (Å²) in [5.74, 6) is 1.67. The molecule has 2 N–H and O–H groups in total. The Labute approximate surface area is 134 Å². The van der Waals surface area contributed by atoms with Crippen LogP contribution in [0.25, 0.3) is 0 Å². The zero-order chi connectivity index (χ0) is 15.4. The standard InChI is InChI=1S/C17H31N3O2/c1-3-22-15-11-14(17(15)7-4-8-17)20-16(18-2)19-12-13-5-9-21-10-6-13/h13-15H,3-12H2,1-2H3,(H2,18,19,20). The summed E-state index contributed by atoms with van der Waals surface area (Å²) < 4.78 is 11.3. The van der Waals surface area contributed by atoms with E-state index in [4.69, 9.17) is 9.47 Å². The van der Waals surface area contributed by atoms with Gasteiger partial charge in [0.1, 0.15) is 0 Å². The average molecular weight is 309 g/mol. The fourth-order valence-corrected chi connectivity index (χ4v) is 4.19. The van der Waals surface area contributed by atoms with E-state index in [1.165, 1.54) is 19.3 Å². The minimum absolute atomic E-state index is 0.381. The van der Waals surface area contributed by atoms with E-state index in [-0.39, 0.29) is 0 Å². The van der Waals surface area contributed by atoms with Crippen LogP contribution in [0.2, 0.25) is 0 Å². The zero-order valence-corrected chi connectivity index (χ0v) is 14.1. The van der Waals surface area contributed by atoms with Gasteiger partial charge in [-0.3, -0.25) is 4.99 Å². The predicted octanol–water partition coefficient (Wildman–Crippen LogP) is 1.93. The number of nitrogens with one attached hydrogen (secondary N) is 2. The molecule has 0 aromatic rings. The summed E-state index contributed by atoms with van der Waals surface area (Å²) in [5, 5.41) is 7.17. The highest BCUT2D eigenvalue weighted by molar-refractivity contribution is 5.80. The second-order valence-corrected chi connectivity index (χ2v) is 6.97. The van der Waals surface area contributed by atoms with Gasteiger partial charge in [0.05, 0.1) is 6.10 Å². The Morgan fingerprint density at radius 2 is 2.09 bits per heavy atom. The van der Waals surface area contributed by atoms with Gasteiger partial charge in [-0.25, -0.2) is 0 Å². The molecule has 1 saturated heterocycles. The number of rotatable bonds is 5. The fraction of sp³-hybridized carbons (Fsp3) is 0.941. The molecule has 5 heteroatoms. The van der Waals surface area contributed by atoms with E-state index >= 15 is 0 Å². The number of nitrogens with zero attached hydrogens (tertiary/aromatic N) is 1. The number of ether oxygens (including phenoxy) is 2. The molecule has 5 nitrogen and oxygen atoms in total. The van der Waals surface area contributed by atoms with Gasteiger partial charge in [-0.2, -0.15) is 0 Å². The lowest BCUT2D eigenvalue weighted by atomic mass is 9.51. The van der Waals surface area contributed by atoms with Crippen molar-refractivity contribution in [1.29, 1.82) is 0 Å². The SMILES string of the molecule is CCOC1CC(NC(=NC)NCC2CCOCC2)C12CCC2. The van der Waals surface area contributed by atoms with Crippen molar-refractivity contribution in [3.8, 4) is 0 Å². The molecule has 2 unspecified atom stereocenters. The van der Waals surface area contributed by atoms with E-state index in [0.29, 0.717) is 23.5 Å². The van der Waals surface area contributed by atoms with Gasteiger partial charge in [0.15, 0.2) is 5.96 Å². The summed E-state index contributed by atoms with van der Waals surface area (Å²) in [7, 11) is 1.87. The van der Waals surface area contributed by atoms with Crippen LogP contribution in [0.15, 0.2) is 4.99 Å². The molecule has 126 valence electrons. The third-order valence-electron chi connectivity index (χ3n) is 5.87. The van der Waals surface area contributed by atoms with Gasteiger partial charge in [0.2, 0.25) is 0 Å². The molecule has 3 aliphatic rings. The number of hydrogen-bond acceptors (Lipinski definition) is 3. The van der Waals surface area contributed by atoms with Crippen molar-refractivity contribution in [3.05, 3.63) is 0 Å². The Hall–Kier alpha value is -0.810. The van der Waals surface area contributed by atoms with Crippen LogP contribution in [-0.4, -0.2) is 51.5 Å². The highest BCUT2D eigenvalue weighted by atomic mass is 16.5. The quantitative estimate of drug-likeness (QED) is 0.602. The summed E-state index contributed by atoms with van der Waals surface area (Å²) in [6.07, 6.45) is 7.82. The summed E-state index contributed by atoms with van der Waals surface area (Å²) in [4.78, 5) is 4.41. The molecule has 0 radical (unpaired) electrons. The normalized spacial score (nSPS) is 31.5. The van der Waals surface area contributed by atoms with Crippen LogP contribution in [0.1, 0.15) is 45.4 Å². The van der Waals surface area contributed by atoms with Crippen molar-refractivity contribution >= 4 is 5.96 Å². The summed E-state index contributed by atoms with van der Waals surface area (Å²) >= 11 is 0. The van der Waals surface area contributed by atoms with Gasteiger partial charge in [-0.15, -0.1) is 0 Å². The molecule has 1 spiro atoms. The second-order valence-electron chi connectivity index (χ2n) is 6.97. The molecule has 22 heavy (non-hydrogen) atoms. The van der Waals surface area contributed by atoms with Crippen LogP contribution >= 0.6 is 0 Å². The highest BCUT2D eigenvalue weighted by Gasteiger charge is 2.59. The van der Waals surface area contributed by atoms with Crippen LogP contribution < -0.4 is 10.6 Å². The largest absolute Gasteiger partial charge is 0.381 e. The number of aliphatic imine (C=N–C) groups is 1. The Balaban J connectivity index is 1.46. The van der Waals surface area contributed by atoms with Crippen molar-refractivity contribution < 1.29 is 9.47 Å². The van der Waals surface area contributed by atoms with E-state index in [1.807, 2.05) is 7.05 Å². The number of hydrogen-bond donors (Lipinski definition) is 2. The van der Waals surface area contributed by atoms with Crippen molar-refractivity contribution in [2.24, 2.45) is 16.3 Å². The first-order valence-corrected chi connectivity index (χ1v) is 8.95. The maximum atomic E-state index is 5.92. The van der Waals surface area contributed by atoms with Crippen LogP contribution in [0, 0.1) is 11.3 Å². The van der Waals surface area contributed by atoms with E-state index in [0.717, 1.165) is 51.6 Å². The predicted molar refractivity (Wildman–Crippen MR) is 88.1 cm³/mol. The maximum Gasteiger partial charge on any atom is 0.191 e. The van der Waals surface area contributed by atoms with E-state index < -0.39 is 0 Å². The molecule has 2 atom stereocenters. The first kappa shape index (κ1) is 16.1. The van der Waals surface area contributed by atoms with E-state index in [1.54, 1.807) is 0 Å². The fourth-order valence-electron chi connectivity index (χ4n) is 4.19. The molecule has 3 rings (SSSR count). The molecule has 3 fully saturated rings. The summed E-state index contributed by atoms with van der Waals surface area (Å²) in [5.41, 5.74) is 0.381. The average Bonchev–Trinajstić information content (AvgIpc) is 2.48. The Kier molecular flexibility index (Phi) is 5.24. The molecule has 0 amide bonds. The van der Waals surface area contributed by atoms with Gasteiger partial charge in [-0.1, -0.05) is 6.42 Å². The van der Waals surface area contributed by atoms with Gasteiger partial charge >= 0.3 is 0 Å². The first-order chi connectivity index (χ1) is 10.8. The molecule has 1 heterocycles. The van der Waals surface area contributed by atoms with Crippen LogP contribution in [0.4, 0.5) is 0 Å². The third-order valence-corrected chi connectivity index (χ3v) is 5.87. The molecule has 2 aliphatic carbocycles. The topological polar surface area (TPSA) is 54.9 Å². The van der Waals surface area contributed by atoms with Crippen molar-refractivity contribution in [1.82, 2.24) is 10.6 Å². The Morgan fingerprint density at radius 1 is 1.32 bits per heavy atom. The lowest BCUT2D eigenvalue weighted by Gasteiger charge is -2.61. The maximum absolute atomic E-state index is 5.92. The minimum Gasteiger partial charge on any atom is -0.381 e. The Bertz CT molecular complexity index is 389. The lowest BCUT2D eigenvalue weighted by Crippen LogP contribution is -2.68. The van der Waals surface area contributed by atoms with E-state index in [2.05, 4.69) is 22.5 Å². The van der Waals surface area contributed by atoms with Gasteiger partial charge in [0.25, 0.3) is 0 Å². The molecule has 1 aliphatic heterocycles. The zero-order valence-electron chi connectivity index (χ0n) is 14.1. The monoisotopic (exact) mass is 309 g/mol. The molecule has 2 saturated carbocycles. The second kappa shape index (κ2) is 7.18. The van der Waals surface area contributed by atoms with Crippen LogP contribution in [0.5, 0.6) is 0 Å². The molecule has 0 aromatic heterocycles. The molecule has 0 aromatic carbocycles. The van der Waals surface area contributed by atoms with E-state index in [9.17, 15) is 0 Å². The Morgan fingerprint density at radius 3 is 2.68 bits per heavy atom. The highest BCUT2D eigenvalue weighted by Crippen LogP contribution is 2.57.